The van der Waals surface area contributed by atoms with Crippen LogP contribution < -0.4 is 10.1 Å². The van der Waals surface area contributed by atoms with Crippen LogP contribution in [0.15, 0.2) is 47.0 Å². The highest BCUT2D eigenvalue weighted by atomic mass is 16.5. The van der Waals surface area contributed by atoms with Crippen LogP contribution in [0.5, 0.6) is 5.75 Å². The predicted octanol–water partition coefficient (Wildman–Crippen LogP) is 5.79. The minimum atomic E-state index is -0.271. The van der Waals surface area contributed by atoms with E-state index in [4.69, 9.17) is 9.26 Å². The molecule has 0 aliphatic heterocycles. The summed E-state index contributed by atoms with van der Waals surface area (Å²) in [6, 6.07) is 14.2. The molecule has 1 N–H and O–H groups in total. The van der Waals surface area contributed by atoms with Crippen molar-refractivity contribution in [2.45, 2.75) is 60.1 Å². The molecule has 5 heteroatoms. The Balaban J connectivity index is 1.71. The van der Waals surface area contributed by atoms with Gasteiger partial charge in [-0.2, -0.15) is 0 Å². The van der Waals surface area contributed by atoms with E-state index in [0.717, 1.165) is 22.4 Å². The summed E-state index contributed by atoms with van der Waals surface area (Å²) in [4.78, 5) is 12.9. The van der Waals surface area contributed by atoms with Gasteiger partial charge in [-0.15, -0.1) is 0 Å². The first kappa shape index (κ1) is 21.6. The summed E-state index contributed by atoms with van der Waals surface area (Å²) in [5.41, 5.74) is 5.41. The van der Waals surface area contributed by atoms with E-state index in [1.807, 2.05) is 39.0 Å². The fraction of sp³-hybridized carbons (Fsp3) is 0.360. The van der Waals surface area contributed by atoms with Crippen molar-refractivity contribution in [3.05, 3.63) is 81.7 Å². The van der Waals surface area contributed by atoms with Crippen molar-refractivity contribution < 1.29 is 14.1 Å². The van der Waals surface area contributed by atoms with Gasteiger partial charge in [0.1, 0.15) is 18.1 Å². The molecule has 0 radical (unpaired) electrons. The van der Waals surface area contributed by atoms with Crippen LogP contribution in [0.4, 0.5) is 0 Å². The van der Waals surface area contributed by atoms with E-state index in [2.05, 4.69) is 48.6 Å². The molecule has 0 bridgehead atoms. The maximum absolute atomic E-state index is 12.9. The van der Waals surface area contributed by atoms with Gasteiger partial charge < -0.3 is 14.6 Å². The number of amides is 1. The van der Waals surface area contributed by atoms with Gasteiger partial charge in [0.05, 0.1) is 11.6 Å². The van der Waals surface area contributed by atoms with E-state index in [1.165, 1.54) is 5.56 Å². The molecular weight excluding hydrogens is 376 g/mol. The molecule has 3 rings (SSSR count). The van der Waals surface area contributed by atoms with Gasteiger partial charge in [-0.3, -0.25) is 4.79 Å². The average molecular weight is 407 g/mol. The van der Waals surface area contributed by atoms with E-state index in [0.29, 0.717) is 17.2 Å². The average Bonchev–Trinajstić information content (AvgIpc) is 3.09. The van der Waals surface area contributed by atoms with Crippen LogP contribution in [0, 0.1) is 20.8 Å². The van der Waals surface area contributed by atoms with Crippen LogP contribution in [0.3, 0.4) is 0 Å². The normalized spacial score (nSPS) is 12.1. The van der Waals surface area contributed by atoms with E-state index >= 15 is 0 Å². The topological polar surface area (TPSA) is 64.4 Å². The summed E-state index contributed by atoms with van der Waals surface area (Å²) in [6.45, 7) is 12.3. The van der Waals surface area contributed by atoms with Crippen molar-refractivity contribution in [1.82, 2.24) is 10.5 Å². The van der Waals surface area contributed by atoms with E-state index in [1.54, 1.807) is 6.92 Å². The Kier molecular flexibility index (Phi) is 6.60. The van der Waals surface area contributed by atoms with Crippen LogP contribution >= 0.6 is 0 Å². The highest BCUT2D eigenvalue weighted by Gasteiger charge is 2.22. The van der Waals surface area contributed by atoms with Gasteiger partial charge >= 0.3 is 0 Å². The lowest BCUT2D eigenvalue weighted by Crippen LogP contribution is -2.28. The fourth-order valence-electron chi connectivity index (χ4n) is 3.27. The smallest absolute Gasteiger partial charge is 0.274 e. The molecule has 3 aromatic rings. The third-order valence-corrected chi connectivity index (χ3v) is 5.37. The molecule has 0 fully saturated rings. The van der Waals surface area contributed by atoms with Crippen LogP contribution in [0.25, 0.3) is 0 Å². The number of benzene rings is 2. The molecule has 1 heterocycles. The van der Waals surface area contributed by atoms with Crippen molar-refractivity contribution in [2.75, 3.05) is 0 Å². The van der Waals surface area contributed by atoms with Crippen molar-refractivity contribution in [2.24, 2.45) is 0 Å². The zero-order valence-electron chi connectivity index (χ0n) is 18.6. The Morgan fingerprint density at radius 1 is 1.03 bits per heavy atom. The summed E-state index contributed by atoms with van der Waals surface area (Å²) >= 11 is 0. The Morgan fingerprint density at radius 2 is 1.70 bits per heavy atom. The van der Waals surface area contributed by atoms with E-state index in [9.17, 15) is 4.79 Å². The van der Waals surface area contributed by atoms with Gasteiger partial charge in [-0.1, -0.05) is 55.4 Å². The van der Waals surface area contributed by atoms with Gasteiger partial charge in [-0.25, -0.2) is 0 Å². The summed E-state index contributed by atoms with van der Waals surface area (Å²) in [6.07, 6.45) is 0. The van der Waals surface area contributed by atoms with E-state index < -0.39 is 0 Å². The summed E-state index contributed by atoms with van der Waals surface area (Å²) in [7, 11) is 0. The Morgan fingerprint density at radius 3 is 2.37 bits per heavy atom. The zero-order chi connectivity index (χ0) is 21.8. The number of hydrogen-bond donors (Lipinski definition) is 1. The van der Waals surface area contributed by atoms with Crippen LogP contribution in [0.1, 0.15) is 76.8 Å². The quantitative estimate of drug-likeness (QED) is 0.539. The lowest BCUT2D eigenvalue weighted by atomic mass is 9.99. The SMILES string of the molecule is Cc1ccc(C)c(OCc2c(C(=O)NC(C)c3ccc(C(C)C)cc3)noc2C)c1. The lowest BCUT2D eigenvalue weighted by Gasteiger charge is -2.15. The molecular formula is C25H30N2O3. The van der Waals surface area contributed by atoms with Gasteiger partial charge in [0.2, 0.25) is 0 Å². The second-order valence-electron chi connectivity index (χ2n) is 8.14. The number of hydrogen-bond acceptors (Lipinski definition) is 4. The predicted molar refractivity (Wildman–Crippen MR) is 118 cm³/mol. The van der Waals surface area contributed by atoms with E-state index in [-0.39, 0.29) is 24.2 Å². The largest absolute Gasteiger partial charge is 0.488 e. The minimum absolute atomic E-state index is 0.150. The summed E-state index contributed by atoms with van der Waals surface area (Å²) < 4.78 is 11.3. The molecule has 1 atom stereocenters. The van der Waals surface area contributed by atoms with Crippen molar-refractivity contribution in [3.8, 4) is 5.75 Å². The Labute approximate surface area is 178 Å². The molecule has 0 saturated heterocycles. The Hall–Kier alpha value is -3.08. The number of aromatic nitrogens is 1. The van der Waals surface area contributed by atoms with Gasteiger partial charge in [-0.05, 0) is 61.9 Å². The molecule has 1 unspecified atom stereocenters. The number of carbonyl (C=O) groups is 1. The van der Waals surface area contributed by atoms with Gasteiger partial charge in [0, 0.05) is 0 Å². The molecule has 1 amide bonds. The second kappa shape index (κ2) is 9.16. The van der Waals surface area contributed by atoms with Gasteiger partial charge in [0.15, 0.2) is 5.69 Å². The first-order valence-electron chi connectivity index (χ1n) is 10.3. The standard InChI is InChI=1S/C25H30N2O3/c1-15(2)20-9-11-21(12-10-20)18(5)26-25(28)24-22(19(6)30-27-24)14-29-23-13-16(3)7-8-17(23)4/h7-13,15,18H,14H2,1-6H3,(H,26,28). The third-order valence-electron chi connectivity index (χ3n) is 5.37. The minimum Gasteiger partial charge on any atom is -0.488 e. The monoisotopic (exact) mass is 406 g/mol. The number of carbonyl (C=O) groups excluding carboxylic acids is 1. The van der Waals surface area contributed by atoms with Crippen molar-refractivity contribution in [1.29, 1.82) is 0 Å². The molecule has 158 valence electrons. The fourth-order valence-corrected chi connectivity index (χ4v) is 3.27. The Bertz CT molecular complexity index is 1020. The van der Waals surface area contributed by atoms with Crippen molar-refractivity contribution in [3.63, 3.8) is 0 Å². The summed E-state index contributed by atoms with van der Waals surface area (Å²) in [5.74, 6) is 1.58. The highest BCUT2D eigenvalue weighted by Crippen LogP contribution is 2.23. The molecule has 1 aromatic heterocycles. The third kappa shape index (κ3) is 4.90. The first-order chi connectivity index (χ1) is 14.3. The zero-order valence-corrected chi connectivity index (χ0v) is 18.6. The van der Waals surface area contributed by atoms with Crippen LogP contribution in [0.2, 0.25) is 0 Å². The first-order valence-corrected chi connectivity index (χ1v) is 10.3. The molecule has 0 aliphatic rings. The van der Waals surface area contributed by atoms with Crippen LogP contribution in [-0.2, 0) is 6.61 Å². The maximum atomic E-state index is 12.9. The number of aryl methyl sites for hydroxylation is 3. The molecule has 0 saturated carbocycles. The van der Waals surface area contributed by atoms with Crippen molar-refractivity contribution >= 4 is 5.91 Å². The number of ether oxygens (including phenoxy) is 1. The highest BCUT2D eigenvalue weighted by molar-refractivity contribution is 5.94. The molecule has 2 aromatic carbocycles. The maximum Gasteiger partial charge on any atom is 0.274 e. The molecule has 30 heavy (non-hydrogen) atoms. The molecule has 0 spiro atoms. The number of nitrogens with one attached hydrogen (secondary N) is 1. The molecule has 5 nitrogen and oxygen atoms in total. The second-order valence-corrected chi connectivity index (χ2v) is 8.14. The number of rotatable bonds is 7. The lowest BCUT2D eigenvalue weighted by molar-refractivity contribution is 0.0928. The van der Waals surface area contributed by atoms with Crippen LogP contribution in [-0.4, -0.2) is 11.1 Å². The van der Waals surface area contributed by atoms with Gasteiger partial charge in [0.25, 0.3) is 5.91 Å². The summed E-state index contributed by atoms with van der Waals surface area (Å²) in [5, 5.41) is 7.00. The molecule has 0 aliphatic carbocycles. The number of nitrogens with zero attached hydrogens (tertiary/aromatic N) is 1.